The van der Waals surface area contributed by atoms with Gasteiger partial charge in [0.15, 0.2) is 5.75 Å². The maximum atomic E-state index is 5.79. The number of hydrogen-bond acceptors (Lipinski definition) is 4. The van der Waals surface area contributed by atoms with Gasteiger partial charge in [-0.15, -0.1) is 0 Å². The smallest absolute Gasteiger partial charge is 0.219 e. The summed E-state index contributed by atoms with van der Waals surface area (Å²) in [5.41, 5.74) is 1.96. The monoisotopic (exact) mass is 295 g/mol. The molecule has 0 fully saturated rings. The molecule has 2 aromatic heterocycles. The third-order valence-corrected chi connectivity index (χ3v) is 3.85. The minimum atomic E-state index is 0.590. The first kappa shape index (κ1) is 14.6. The quantitative estimate of drug-likeness (QED) is 0.845. The van der Waals surface area contributed by atoms with Crippen LogP contribution < -0.4 is 9.64 Å². The molecule has 4 nitrogen and oxygen atoms in total. The molecule has 0 spiro atoms. The summed E-state index contributed by atoms with van der Waals surface area (Å²) >= 11 is 0. The van der Waals surface area contributed by atoms with Crippen LogP contribution in [0.15, 0.2) is 48.9 Å². The SMILES string of the molecule is Cc1ncccc1Oc1ccc(N2C=CCCC(C)C2)cn1. The van der Waals surface area contributed by atoms with Crippen LogP contribution in [0.1, 0.15) is 25.5 Å². The lowest BCUT2D eigenvalue weighted by Crippen LogP contribution is -2.21. The Morgan fingerprint density at radius 3 is 2.91 bits per heavy atom. The summed E-state index contributed by atoms with van der Waals surface area (Å²) in [5, 5.41) is 0. The number of hydrogen-bond donors (Lipinski definition) is 0. The summed E-state index contributed by atoms with van der Waals surface area (Å²) in [6.45, 7) is 5.24. The van der Waals surface area contributed by atoms with E-state index in [2.05, 4.69) is 40.1 Å². The van der Waals surface area contributed by atoms with Crippen molar-refractivity contribution in [2.45, 2.75) is 26.7 Å². The molecule has 0 saturated heterocycles. The highest BCUT2D eigenvalue weighted by Crippen LogP contribution is 2.25. The van der Waals surface area contributed by atoms with E-state index < -0.39 is 0 Å². The first-order valence-electron chi connectivity index (χ1n) is 7.71. The summed E-state index contributed by atoms with van der Waals surface area (Å²) in [6, 6.07) is 7.72. The highest BCUT2D eigenvalue weighted by Gasteiger charge is 2.12. The Bertz CT molecular complexity index is 652. The van der Waals surface area contributed by atoms with Crippen molar-refractivity contribution >= 4 is 5.69 Å². The molecule has 3 heterocycles. The van der Waals surface area contributed by atoms with Gasteiger partial charge in [0.05, 0.1) is 17.6 Å². The van der Waals surface area contributed by atoms with E-state index in [0.29, 0.717) is 11.8 Å². The zero-order valence-corrected chi connectivity index (χ0v) is 13.1. The molecule has 4 heteroatoms. The molecule has 1 aliphatic rings. The Kier molecular flexibility index (Phi) is 4.37. The van der Waals surface area contributed by atoms with Crippen LogP contribution in [0, 0.1) is 12.8 Å². The average Bonchev–Trinajstić information content (AvgIpc) is 2.75. The van der Waals surface area contributed by atoms with Gasteiger partial charge in [-0.1, -0.05) is 13.0 Å². The van der Waals surface area contributed by atoms with Crippen molar-refractivity contribution in [2.24, 2.45) is 5.92 Å². The van der Waals surface area contributed by atoms with Crippen molar-refractivity contribution in [3.63, 3.8) is 0 Å². The van der Waals surface area contributed by atoms with Gasteiger partial charge in [-0.25, -0.2) is 4.98 Å². The number of aryl methyl sites for hydroxylation is 1. The Hall–Kier alpha value is -2.36. The molecule has 0 N–H and O–H groups in total. The van der Waals surface area contributed by atoms with Crippen molar-refractivity contribution in [3.8, 4) is 11.6 Å². The van der Waals surface area contributed by atoms with Gasteiger partial charge in [-0.2, -0.15) is 0 Å². The fraction of sp³-hybridized carbons (Fsp3) is 0.333. The largest absolute Gasteiger partial charge is 0.437 e. The van der Waals surface area contributed by atoms with Crippen LogP contribution in [0.25, 0.3) is 0 Å². The van der Waals surface area contributed by atoms with Gasteiger partial charge in [0.1, 0.15) is 0 Å². The molecular weight excluding hydrogens is 274 g/mol. The van der Waals surface area contributed by atoms with Crippen LogP contribution in [0.3, 0.4) is 0 Å². The summed E-state index contributed by atoms with van der Waals surface area (Å²) in [7, 11) is 0. The van der Waals surface area contributed by atoms with Gasteiger partial charge in [0.2, 0.25) is 5.88 Å². The molecule has 0 aliphatic carbocycles. The Labute approximate surface area is 131 Å². The van der Waals surface area contributed by atoms with Gasteiger partial charge in [0.25, 0.3) is 0 Å². The first-order chi connectivity index (χ1) is 10.7. The molecule has 22 heavy (non-hydrogen) atoms. The zero-order valence-electron chi connectivity index (χ0n) is 13.1. The third-order valence-electron chi connectivity index (χ3n) is 3.85. The van der Waals surface area contributed by atoms with Crippen molar-refractivity contribution < 1.29 is 4.74 Å². The molecule has 1 atom stereocenters. The Morgan fingerprint density at radius 1 is 1.23 bits per heavy atom. The standard InChI is InChI=1S/C18H21N3O/c1-14-6-3-4-11-21(13-14)16-8-9-18(20-12-16)22-17-7-5-10-19-15(17)2/h4-5,7-12,14H,3,6,13H2,1-2H3. The minimum Gasteiger partial charge on any atom is -0.437 e. The highest BCUT2D eigenvalue weighted by atomic mass is 16.5. The molecule has 1 unspecified atom stereocenters. The fourth-order valence-electron chi connectivity index (χ4n) is 2.55. The van der Waals surface area contributed by atoms with Gasteiger partial charge in [-0.05, 0) is 43.9 Å². The molecule has 0 radical (unpaired) electrons. The number of nitrogens with zero attached hydrogens (tertiary/aromatic N) is 3. The highest BCUT2D eigenvalue weighted by molar-refractivity contribution is 5.49. The number of ether oxygens (including phenoxy) is 1. The summed E-state index contributed by atoms with van der Waals surface area (Å²) in [6.07, 6.45) is 10.4. The molecule has 0 bridgehead atoms. The topological polar surface area (TPSA) is 38.2 Å². The van der Waals surface area contributed by atoms with Crippen molar-refractivity contribution in [2.75, 3.05) is 11.4 Å². The minimum absolute atomic E-state index is 0.590. The van der Waals surface area contributed by atoms with Crippen molar-refractivity contribution in [3.05, 3.63) is 54.6 Å². The molecule has 2 aromatic rings. The van der Waals surface area contributed by atoms with Crippen LogP contribution in [0.5, 0.6) is 11.6 Å². The summed E-state index contributed by atoms with van der Waals surface area (Å²) in [4.78, 5) is 10.9. The van der Waals surface area contributed by atoms with Crippen molar-refractivity contribution in [1.82, 2.24) is 9.97 Å². The normalized spacial score (nSPS) is 18.1. The lowest BCUT2D eigenvalue weighted by atomic mass is 10.1. The second kappa shape index (κ2) is 6.60. The van der Waals surface area contributed by atoms with Gasteiger partial charge < -0.3 is 9.64 Å². The number of anilines is 1. The summed E-state index contributed by atoms with van der Waals surface area (Å²) < 4.78 is 5.79. The van der Waals surface area contributed by atoms with E-state index in [9.17, 15) is 0 Å². The maximum Gasteiger partial charge on any atom is 0.219 e. The van der Waals surface area contributed by atoms with E-state index in [1.807, 2.05) is 31.3 Å². The van der Waals surface area contributed by atoms with Crippen LogP contribution in [-0.4, -0.2) is 16.5 Å². The number of allylic oxidation sites excluding steroid dienone is 1. The fourth-order valence-corrected chi connectivity index (χ4v) is 2.55. The van der Waals surface area contributed by atoms with Gasteiger partial charge in [-0.3, -0.25) is 4.98 Å². The second-order valence-corrected chi connectivity index (χ2v) is 5.76. The van der Waals surface area contributed by atoms with Gasteiger partial charge in [0, 0.05) is 25.0 Å². The van der Waals surface area contributed by atoms with E-state index >= 15 is 0 Å². The lowest BCUT2D eigenvalue weighted by molar-refractivity contribution is 0.456. The summed E-state index contributed by atoms with van der Waals surface area (Å²) in [5.74, 6) is 2.02. The second-order valence-electron chi connectivity index (χ2n) is 5.76. The van der Waals surface area contributed by atoms with Crippen LogP contribution in [0.4, 0.5) is 5.69 Å². The Balaban J connectivity index is 1.74. The molecule has 0 aromatic carbocycles. The zero-order chi connectivity index (χ0) is 15.4. The van der Waals surface area contributed by atoms with E-state index in [-0.39, 0.29) is 0 Å². The lowest BCUT2D eigenvalue weighted by Gasteiger charge is -2.22. The third kappa shape index (κ3) is 3.45. The first-order valence-corrected chi connectivity index (χ1v) is 7.71. The average molecular weight is 295 g/mol. The number of pyridine rings is 2. The van der Waals surface area contributed by atoms with Crippen LogP contribution in [0.2, 0.25) is 0 Å². The van der Waals surface area contributed by atoms with Crippen LogP contribution >= 0.6 is 0 Å². The molecule has 0 saturated carbocycles. The predicted molar refractivity (Wildman–Crippen MR) is 88.2 cm³/mol. The predicted octanol–water partition coefficient (Wildman–Crippen LogP) is 4.33. The number of aromatic nitrogens is 2. The molecule has 0 amide bonds. The van der Waals surface area contributed by atoms with E-state index in [1.165, 1.54) is 6.42 Å². The van der Waals surface area contributed by atoms with E-state index in [4.69, 9.17) is 4.74 Å². The van der Waals surface area contributed by atoms with Gasteiger partial charge >= 0.3 is 0 Å². The molecule has 1 aliphatic heterocycles. The Morgan fingerprint density at radius 2 is 2.14 bits per heavy atom. The maximum absolute atomic E-state index is 5.79. The molecular formula is C18H21N3O. The molecule has 114 valence electrons. The van der Waals surface area contributed by atoms with Crippen LogP contribution in [-0.2, 0) is 0 Å². The number of rotatable bonds is 3. The molecule has 3 rings (SSSR count). The van der Waals surface area contributed by atoms with E-state index in [1.54, 1.807) is 6.20 Å². The van der Waals surface area contributed by atoms with E-state index in [0.717, 1.165) is 30.1 Å². The van der Waals surface area contributed by atoms with Crippen molar-refractivity contribution in [1.29, 1.82) is 0 Å².